The Kier molecular flexibility index (Phi) is 3.39. The molecular formula is C15H22N2O2S. The van der Waals surface area contributed by atoms with Crippen molar-refractivity contribution in [3.05, 3.63) is 29.3 Å². The molecule has 0 radical (unpaired) electrons. The van der Waals surface area contributed by atoms with Crippen LogP contribution < -0.4 is 5.32 Å². The van der Waals surface area contributed by atoms with E-state index in [0.717, 1.165) is 31.5 Å². The van der Waals surface area contributed by atoms with Crippen LogP contribution in [0.4, 0.5) is 0 Å². The fraction of sp³-hybridized carbons (Fsp3) is 0.600. The molecule has 1 aromatic rings. The molecule has 0 saturated carbocycles. The van der Waals surface area contributed by atoms with Gasteiger partial charge in [0.25, 0.3) is 0 Å². The molecule has 1 N–H and O–H groups in total. The van der Waals surface area contributed by atoms with E-state index in [2.05, 4.69) is 19.2 Å². The van der Waals surface area contributed by atoms with E-state index in [-0.39, 0.29) is 5.41 Å². The lowest BCUT2D eigenvalue weighted by molar-refractivity contribution is 0.196. The molecule has 2 aliphatic heterocycles. The SMILES string of the molecule is CC1(C)CCN(S(=O)(=O)c2ccc3c(c2)CNC3)CC1. The number of nitrogens with one attached hydrogen (secondary N) is 1. The molecule has 0 aliphatic carbocycles. The molecule has 1 fully saturated rings. The normalized spacial score (nSPS) is 22.7. The van der Waals surface area contributed by atoms with Crippen molar-refractivity contribution in [1.29, 1.82) is 0 Å². The first-order valence-corrected chi connectivity index (χ1v) is 8.65. The summed E-state index contributed by atoms with van der Waals surface area (Å²) in [6.07, 6.45) is 1.86. The van der Waals surface area contributed by atoms with Gasteiger partial charge in [-0.1, -0.05) is 19.9 Å². The summed E-state index contributed by atoms with van der Waals surface area (Å²) >= 11 is 0. The lowest BCUT2D eigenvalue weighted by Crippen LogP contribution is -2.41. The first-order valence-electron chi connectivity index (χ1n) is 7.21. The van der Waals surface area contributed by atoms with Gasteiger partial charge in [-0.05, 0) is 41.5 Å². The van der Waals surface area contributed by atoms with E-state index in [9.17, 15) is 8.42 Å². The van der Waals surface area contributed by atoms with E-state index in [1.807, 2.05) is 12.1 Å². The monoisotopic (exact) mass is 294 g/mol. The zero-order valence-electron chi connectivity index (χ0n) is 12.1. The smallest absolute Gasteiger partial charge is 0.243 e. The number of benzene rings is 1. The Hall–Kier alpha value is -0.910. The molecular weight excluding hydrogens is 272 g/mol. The number of piperidine rings is 1. The predicted octanol–water partition coefficient (Wildman–Crippen LogP) is 2.10. The Bertz CT molecular complexity index is 613. The van der Waals surface area contributed by atoms with Crippen molar-refractivity contribution in [3.8, 4) is 0 Å². The van der Waals surface area contributed by atoms with Crippen LogP contribution in [0.25, 0.3) is 0 Å². The van der Waals surface area contributed by atoms with Gasteiger partial charge >= 0.3 is 0 Å². The van der Waals surface area contributed by atoms with E-state index in [1.54, 1.807) is 10.4 Å². The molecule has 2 heterocycles. The molecule has 0 bridgehead atoms. The second kappa shape index (κ2) is 4.83. The first-order chi connectivity index (χ1) is 9.38. The molecule has 3 rings (SSSR count). The van der Waals surface area contributed by atoms with E-state index in [4.69, 9.17) is 0 Å². The maximum Gasteiger partial charge on any atom is 0.243 e. The number of sulfonamides is 1. The quantitative estimate of drug-likeness (QED) is 0.909. The summed E-state index contributed by atoms with van der Waals surface area (Å²) in [7, 11) is -3.33. The average Bonchev–Trinajstić information content (AvgIpc) is 2.85. The molecule has 0 aromatic heterocycles. The van der Waals surface area contributed by atoms with Gasteiger partial charge in [0.2, 0.25) is 10.0 Å². The molecule has 110 valence electrons. The second-order valence-electron chi connectivity index (χ2n) is 6.60. The van der Waals surface area contributed by atoms with E-state index in [0.29, 0.717) is 18.0 Å². The first kappa shape index (κ1) is 14.0. The van der Waals surface area contributed by atoms with Gasteiger partial charge < -0.3 is 5.32 Å². The predicted molar refractivity (Wildman–Crippen MR) is 78.8 cm³/mol. The third kappa shape index (κ3) is 2.50. The van der Waals surface area contributed by atoms with E-state index in [1.165, 1.54) is 5.56 Å². The van der Waals surface area contributed by atoms with Crippen molar-refractivity contribution < 1.29 is 8.42 Å². The zero-order valence-corrected chi connectivity index (χ0v) is 13.0. The van der Waals surface area contributed by atoms with E-state index < -0.39 is 10.0 Å². The average molecular weight is 294 g/mol. The highest BCUT2D eigenvalue weighted by Crippen LogP contribution is 2.32. The van der Waals surface area contributed by atoms with Gasteiger partial charge in [0.05, 0.1) is 4.90 Å². The Labute approximate surface area is 121 Å². The lowest BCUT2D eigenvalue weighted by Gasteiger charge is -2.36. The van der Waals surface area contributed by atoms with Gasteiger partial charge in [-0.25, -0.2) is 8.42 Å². The third-order valence-corrected chi connectivity index (χ3v) is 6.42. The number of nitrogens with zero attached hydrogens (tertiary/aromatic N) is 1. The van der Waals surface area contributed by atoms with Gasteiger partial charge in [0, 0.05) is 26.2 Å². The second-order valence-corrected chi connectivity index (χ2v) is 8.54. The molecule has 1 saturated heterocycles. The summed E-state index contributed by atoms with van der Waals surface area (Å²) in [6.45, 7) is 7.28. The summed E-state index contributed by atoms with van der Waals surface area (Å²) in [6, 6.07) is 5.53. The maximum absolute atomic E-state index is 12.7. The van der Waals surface area contributed by atoms with Crippen LogP contribution in [-0.4, -0.2) is 25.8 Å². The fourth-order valence-corrected chi connectivity index (χ4v) is 4.41. The molecule has 0 atom stereocenters. The number of fused-ring (bicyclic) bond motifs is 1. The van der Waals surface area contributed by atoms with Crippen molar-refractivity contribution in [2.45, 2.75) is 44.7 Å². The van der Waals surface area contributed by atoms with Crippen LogP contribution in [0.2, 0.25) is 0 Å². The molecule has 0 spiro atoms. The van der Waals surface area contributed by atoms with Crippen molar-refractivity contribution in [2.24, 2.45) is 5.41 Å². The molecule has 0 unspecified atom stereocenters. The van der Waals surface area contributed by atoms with Crippen LogP contribution >= 0.6 is 0 Å². The Morgan fingerprint density at radius 3 is 2.45 bits per heavy atom. The third-order valence-electron chi connectivity index (χ3n) is 4.52. The number of hydrogen-bond donors (Lipinski definition) is 1. The summed E-state index contributed by atoms with van der Waals surface area (Å²) in [5, 5.41) is 3.25. The van der Waals surface area contributed by atoms with Crippen LogP contribution in [0.5, 0.6) is 0 Å². The van der Waals surface area contributed by atoms with Crippen molar-refractivity contribution >= 4 is 10.0 Å². The highest BCUT2D eigenvalue weighted by atomic mass is 32.2. The highest BCUT2D eigenvalue weighted by Gasteiger charge is 2.33. The maximum atomic E-state index is 12.7. The van der Waals surface area contributed by atoms with E-state index >= 15 is 0 Å². The minimum atomic E-state index is -3.33. The summed E-state index contributed by atoms with van der Waals surface area (Å²) in [5.41, 5.74) is 2.58. The van der Waals surface area contributed by atoms with Crippen molar-refractivity contribution in [2.75, 3.05) is 13.1 Å². The van der Waals surface area contributed by atoms with Gasteiger partial charge in [0.1, 0.15) is 0 Å². The van der Waals surface area contributed by atoms with Crippen molar-refractivity contribution in [1.82, 2.24) is 9.62 Å². The molecule has 4 nitrogen and oxygen atoms in total. The Balaban J connectivity index is 1.85. The Morgan fingerprint density at radius 2 is 1.75 bits per heavy atom. The molecule has 20 heavy (non-hydrogen) atoms. The molecule has 0 amide bonds. The molecule has 1 aromatic carbocycles. The summed E-state index contributed by atoms with van der Waals surface area (Å²) in [4.78, 5) is 0.444. The summed E-state index contributed by atoms with van der Waals surface area (Å²) < 4.78 is 27.0. The summed E-state index contributed by atoms with van der Waals surface area (Å²) in [5.74, 6) is 0. The number of rotatable bonds is 2. The van der Waals surface area contributed by atoms with Crippen LogP contribution in [0, 0.1) is 5.41 Å². The Morgan fingerprint density at radius 1 is 1.10 bits per heavy atom. The minimum absolute atomic E-state index is 0.258. The van der Waals surface area contributed by atoms with Crippen LogP contribution in [-0.2, 0) is 23.1 Å². The largest absolute Gasteiger partial charge is 0.309 e. The van der Waals surface area contributed by atoms with Crippen LogP contribution in [0.3, 0.4) is 0 Å². The van der Waals surface area contributed by atoms with Gasteiger partial charge in [-0.15, -0.1) is 0 Å². The van der Waals surface area contributed by atoms with Gasteiger partial charge in [-0.3, -0.25) is 0 Å². The lowest BCUT2D eigenvalue weighted by atomic mass is 9.83. The molecule has 5 heteroatoms. The number of hydrogen-bond acceptors (Lipinski definition) is 3. The van der Waals surface area contributed by atoms with Gasteiger partial charge in [0.15, 0.2) is 0 Å². The topological polar surface area (TPSA) is 49.4 Å². The van der Waals surface area contributed by atoms with Crippen LogP contribution in [0.15, 0.2) is 23.1 Å². The molecule has 2 aliphatic rings. The van der Waals surface area contributed by atoms with Crippen LogP contribution in [0.1, 0.15) is 37.8 Å². The standard InChI is InChI=1S/C15H22N2O2S/c1-15(2)5-7-17(8-6-15)20(18,19)14-4-3-12-10-16-11-13(12)9-14/h3-4,9,16H,5-8,10-11H2,1-2H3. The highest BCUT2D eigenvalue weighted by molar-refractivity contribution is 7.89. The zero-order chi connectivity index (χ0) is 14.4. The van der Waals surface area contributed by atoms with Gasteiger partial charge in [-0.2, -0.15) is 4.31 Å². The van der Waals surface area contributed by atoms with Crippen molar-refractivity contribution in [3.63, 3.8) is 0 Å². The fourth-order valence-electron chi connectivity index (χ4n) is 2.91. The minimum Gasteiger partial charge on any atom is -0.309 e.